The van der Waals surface area contributed by atoms with Gasteiger partial charge in [0.05, 0.1) is 5.69 Å². The second-order valence-electron chi connectivity index (χ2n) is 6.06. The molecule has 1 saturated carbocycles. The summed E-state index contributed by atoms with van der Waals surface area (Å²) >= 11 is 4.98. The van der Waals surface area contributed by atoms with Crippen molar-refractivity contribution in [2.45, 2.75) is 31.3 Å². The Balaban J connectivity index is 1.99. The summed E-state index contributed by atoms with van der Waals surface area (Å²) in [5.41, 5.74) is 7.90. The van der Waals surface area contributed by atoms with E-state index in [4.69, 9.17) is 18.0 Å². The van der Waals surface area contributed by atoms with Crippen molar-refractivity contribution in [1.82, 2.24) is 14.8 Å². The van der Waals surface area contributed by atoms with Gasteiger partial charge in [0.2, 0.25) is 0 Å². The highest BCUT2D eigenvalue weighted by atomic mass is 32.1. The van der Waals surface area contributed by atoms with Crippen molar-refractivity contribution in [2.24, 2.45) is 5.73 Å². The minimum atomic E-state index is 0.355. The molecule has 110 valence electrons. The summed E-state index contributed by atoms with van der Waals surface area (Å²) in [6, 6.07) is 4.02. The molecule has 1 aromatic rings. The van der Waals surface area contributed by atoms with E-state index >= 15 is 0 Å². The molecule has 5 heteroatoms. The Bertz CT molecular complexity index is 483. The Morgan fingerprint density at radius 1 is 1.40 bits per heavy atom. The first kappa shape index (κ1) is 15.4. The highest BCUT2D eigenvalue weighted by Crippen LogP contribution is 2.36. The first-order valence-electron chi connectivity index (χ1n) is 7.04. The Morgan fingerprint density at radius 3 is 2.60 bits per heavy atom. The molecular formula is C15H24N4S. The number of pyridine rings is 1. The molecule has 1 aliphatic carbocycles. The molecule has 4 nitrogen and oxygen atoms in total. The maximum Gasteiger partial charge on any atom is 0.122 e. The van der Waals surface area contributed by atoms with Crippen molar-refractivity contribution in [1.29, 1.82) is 0 Å². The summed E-state index contributed by atoms with van der Waals surface area (Å²) in [5.74, 6) is 0. The average Bonchev–Trinajstić information content (AvgIpc) is 2.33. The molecule has 0 aromatic carbocycles. The molecule has 0 aliphatic heterocycles. The summed E-state index contributed by atoms with van der Waals surface area (Å²) in [6.07, 6.45) is 5.70. The van der Waals surface area contributed by atoms with Crippen molar-refractivity contribution in [3.8, 4) is 0 Å². The van der Waals surface area contributed by atoms with Gasteiger partial charge in [0.1, 0.15) is 4.99 Å². The summed E-state index contributed by atoms with van der Waals surface area (Å²) in [5, 5.41) is 0. The van der Waals surface area contributed by atoms with Crippen LogP contribution in [0.25, 0.3) is 0 Å². The average molecular weight is 292 g/mol. The van der Waals surface area contributed by atoms with Crippen molar-refractivity contribution >= 4 is 17.2 Å². The van der Waals surface area contributed by atoms with E-state index in [0.29, 0.717) is 16.2 Å². The van der Waals surface area contributed by atoms with Crippen LogP contribution in [-0.2, 0) is 6.54 Å². The zero-order valence-corrected chi connectivity index (χ0v) is 13.4. The Hall–Kier alpha value is -1.04. The van der Waals surface area contributed by atoms with Gasteiger partial charge in [0.25, 0.3) is 0 Å². The van der Waals surface area contributed by atoms with E-state index in [2.05, 4.69) is 35.9 Å². The lowest BCUT2D eigenvalue weighted by molar-refractivity contribution is 0.0259. The maximum absolute atomic E-state index is 5.63. The lowest BCUT2D eigenvalue weighted by Gasteiger charge is -2.49. The van der Waals surface area contributed by atoms with Gasteiger partial charge < -0.3 is 15.5 Å². The van der Waals surface area contributed by atoms with Gasteiger partial charge in [-0.1, -0.05) is 12.2 Å². The number of likely N-dealkylation sites (N-methyl/N-ethyl adjacent to an activating group) is 2. The Kier molecular flexibility index (Phi) is 4.73. The predicted molar refractivity (Wildman–Crippen MR) is 86.7 cm³/mol. The predicted octanol–water partition coefficient (Wildman–Crippen LogP) is 1.63. The SMILES string of the molecule is CN(Cc1ccnc(C(N)=S)c1)CC1(N(C)C)CCC1. The summed E-state index contributed by atoms with van der Waals surface area (Å²) < 4.78 is 0. The van der Waals surface area contributed by atoms with Crippen LogP contribution in [0.15, 0.2) is 18.3 Å². The molecule has 1 aromatic heterocycles. The Morgan fingerprint density at radius 2 is 2.10 bits per heavy atom. The molecule has 0 spiro atoms. The molecule has 20 heavy (non-hydrogen) atoms. The van der Waals surface area contributed by atoms with Crippen LogP contribution < -0.4 is 5.73 Å². The lowest BCUT2D eigenvalue weighted by atomic mass is 9.75. The monoisotopic (exact) mass is 292 g/mol. The fourth-order valence-corrected chi connectivity index (χ4v) is 3.02. The van der Waals surface area contributed by atoms with Gasteiger partial charge in [-0.25, -0.2) is 0 Å². The van der Waals surface area contributed by atoms with Crippen molar-refractivity contribution in [3.05, 3.63) is 29.6 Å². The quantitative estimate of drug-likeness (QED) is 0.808. The van der Waals surface area contributed by atoms with E-state index in [1.807, 2.05) is 12.1 Å². The fourth-order valence-electron chi connectivity index (χ4n) is 2.91. The van der Waals surface area contributed by atoms with Crippen LogP contribution in [-0.4, -0.2) is 53.0 Å². The number of hydrogen-bond acceptors (Lipinski definition) is 4. The third-order valence-corrected chi connectivity index (χ3v) is 4.54. The van der Waals surface area contributed by atoms with Crippen LogP contribution in [0.5, 0.6) is 0 Å². The van der Waals surface area contributed by atoms with Gasteiger partial charge in [0.15, 0.2) is 0 Å². The van der Waals surface area contributed by atoms with Gasteiger partial charge in [0, 0.05) is 24.8 Å². The van der Waals surface area contributed by atoms with E-state index in [0.717, 1.165) is 13.1 Å². The topological polar surface area (TPSA) is 45.4 Å². The highest BCUT2D eigenvalue weighted by Gasteiger charge is 2.39. The second kappa shape index (κ2) is 6.16. The molecule has 0 amide bonds. The molecule has 2 N–H and O–H groups in total. The molecule has 0 unspecified atom stereocenters. The van der Waals surface area contributed by atoms with E-state index in [1.54, 1.807) is 6.20 Å². The third-order valence-electron chi connectivity index (χ3n) is 4.33. The van der Waals surface area contributed by atoms with Gasteiger partial charge in [-0.2, -0.15) is 0 Å². The molecule has 0 saturated heterocycles. The molecule has 1 aliphatic rings. The number of rotatable bonds is 6. The zero-order chi connectivity index (χ0) is 14.8. The van der Waals surface area contributed by atoms with Crippen LogP contribution in [0.3, 0.4) is 0 Å². The van der Waals surface area contributed by atoms with Crippen LogP contribution in [0.4, 0.5) is 0 Å². The molecular weight excluding hydrogens is 268 g/mol. The molecule has 0 atom stereocenters. The fraction of sp³-hybridized carbons (Fsp3) is 0.600. The lowest BCUT2D eigenvalue weighted by Crippen LogP contribution is -2.56. The van der Waals surface area contributed by atoms with Gasteiger partial charge in [-0.3, -0.25) is 4.98 Å². The summed E-state index contributed by atoms with van der Waals surface area (Å²) in [4.78, 5) is 9.29. The van der Waals surface area contributed by atoms with Gasteiger partial charge >= 0.3 is 0 Å². The number of nitrogens with zero attached hydrogens (tertiary/aromatic N) is 3. The molecule has 2 rings (SSSR count). The van der Waals surface area contributed by atoms with Crippen LogP contribution >= 0.6 is 12.2 Å². The molecule has 0 bridgehead atoms. The van der Waals surface area contributed by atoms with Crippen molar-refractivity contribution in [3.63, 3.8) is 0 Å². The van der Waals surface area contributed by atoms with Gasteiger partial charge in [-0.15, -0.1) is 0 Å². The van der Waals surface area contributed by atoms with E-state index in [9.17, 15) is 0 Å². The second-order valence-corrected chi connectivity index (χ2v) is 6.50. The van der Waals surface area contributed by atoms with E-state index in [1.165, 1.54) is 24.8 Å². The minimum Gasteiger partial charge on any atom is -0.388 e. The smallest absolute Gasteiger partial charge is 0.122 e. The molecule has 0 radical (unpaired) electrons. The third kappa shape index (κ3) is 3.34. The molecule has 1 fully saturated rings. The van der Waals surface area contributed by atoms with E-state index < -0.39 is 0 Å². The normalized spacial score (nSPS) is 17.2. The first-order valence-corrected chi connectivity index (χ1v) is 7.44. The summed E-state index contributed by atoms with van der Waals surface area (Å²) in [6.45, 7) is 1.98. The van der Waals surface area contributed by atoms with Crippen LogP contribution in [0.2, 0.25) is 0 Å². The van der Waals surface area contributed by atoms with Crippen LogP contribution in [0.1, 0.15) is 30.5 Å². The number of hydrogen-bond donors (Lipinski definition) is 1. The highest BCUT2D eigenvalue weighted by molar-refractivity contribution is 7.80. The zero-order valence-electron chi connectivity index (χ0n) is 12.6. The van der Waals surface area contributed by atoms with Crippen molar-refractivity contribution in [2.75, 3.05) is 27.7 Å². The van der Waals surface area contributed by atoms with E-state index in [-0.39, 0.29) is 0 Å². The number of thiocarbonyl (C=S) groups is 1. The number of nitrogens with two attached hydrogens (primary N) is 1. The van der Waals surface area contributed by atoms with Crippen molar-refractivity contribution < 1.29 is 0 Å². The van der Waals surface area contributed by atoms with Gasteiger partial charge in [-0.05, 0) is 58.1 Å². The van der Waals surface area contributed by atoms with Crippen LogP contribution in [0, 0.1) is 0 Å². The Labute approximate surface area is 127 Å². The minimum absolute atomic E-state index is 0.355. The maximum atomic E-state index is 5.63. The summed E-state index contributed by atoms with van der Waals surface area (Å²) in [7, 11) is 6.54. The molecule has 1 heterocycles. The first-order chi connectivity index (χ1) is 9.43. The standard InChI is InChI=1S/C15H24N4S/c1-18(2)15(6-4-7-15)11-19(3)10-12-5-8-17-13(9-12)14(16)20/h5,8-9H,4,6-7,10-11H2,1-3H3,(H2,16,20). The number of aromatic nitrogens is 1. The largest absolute Gasteiger partial charge is 0.388 e.